The van der Waals surface area contributed by atoms with Crippen molar-refractivity contribution < 1.29 is 14.3 Å². The van der Waals surface area contributed by atoms with Gasteiger partial charge in [0.15, 0.2) is 5.69 Å². The van der Waals surface area contributed by atoms with Gasteiger partial charge in [-0.1, -0.05) is 52.7 Å². The molecule has 8 heteroatoms. The number of nitrogens with one attached hydrogen (secondary N) is 1. The van der Waals surface area contributed by atoms with E-state index in [1.165, 1.54) is 16.7 Å². The van der Waals surface area contributed by atoms with Gasteiger partial charge in [-0.05, 0) is 44.0 Å². The predicted octanol–water partition coefficient (Wildman–Crippen LogP) is 4.19. The summed E-state index contributed by atoms with van der Waals surface area (Å²) in [5.41, 5.74) is -0.567. The van der Waals surface area contributed by atoms with E-state index in [0.29, 0.717) is 25.3 Å². The third kappa shape index (κ3) is 5.61. The summed E-state index contributed by atoms with van der Waals surface area (Å²) < 4.78 is 14.9. The lowest BCUT2D eigenvalue weighted by molar-refractivity contribution is 0.0501. The molecule has 7 nitrogen and oxygen atoms in total. The first-order chi connectivity index (χ1) is 15.8. The topological polar surface area (TPSA) is 87.5 Å². The molecule has 1 aromatic rings. The molecule has 182 valence electrons. The summed E-state index contributed by atoms with van der Waals surface area (Å²) in [6, 6.07) is 0. The highest BCUT2D eigenvalue weighted by Gasteiger charge is 2.43. The molecule has 0 radical (unpaired) electrons. The van der Waals surface area contributed by atoms with Gasteiger partial charge >= 0.3 is 0 Å². The monoisotopic (exact) mass is 460 g/mol. The van der Waals surface area contributed by atoms with Crippen molar-refractivity contribution in [2.45, 2.75) is 71.9 Å². The van der Waals surface area contributed by atoms with E-state index in [0.717, 1.165) is 31.3 Å². The molecular weight excluding hydrogens is 423 g/mol. The van der Waals surface area contributed by atoms with Gasteiger partial charge < -0.3 is 10.4 Å². The number of hydrogen-bond acceptors (Lipinski definition) is 5. The second-order valence-corrected chi connectivity index (χ2v) is 8.16. The molecule has 1 aliphatic carbocycles. The third-order valence-corrected chi connectivity index (χ3v) is 6.10. The Morgan fingerprint density at radius 1 is 1.18 bits per heavy atom. The standard InChI is InChI=1S/C23H31FN4O3.C2H6/c1-4-11-23(12-5-2)22-26-18(19(29)21(31)28(22)14-13-27(23)3)20(30)25-15-16-7-6-8-17(24)10-9-16;1-2/h7-10,29H,4-6,11-15H2,1-3H3,(H,25,30);1-2H3. The number of nitrogens with zero attached hydrogens (tertiary/aromatic N) is 3. The number of allylic oxidation sites excluding steroid dienone is 4. The molecule has 1 amide bonds. The minimum atomic E-state index is -0.634. The van der Waals surface area contributed by atoms with Crippen LogP contribution >= 0.6 is 0 Å². The highest BCUT2D eigenvalue weighted by Crippen LogP contribution is 2.38. The molecule has 3 rings (SSSR count). The Labute approximate surface area is 195 Å². The van der Waals surface area contributed by atoms with Crippen molar-refractivity contribution in [3.63, 3.8) is 0 Å². The van der Waals surface area contributed by atoms with Crippen LogP contribution in [0.4, 0.5) is 4.39 Å². The zero-order valence-electron chi connectivity index (χ0n) is 20.4. The van der Waals surface area contributed by atoms with Crippen LogP contribution in [0.3, 0.4) is 0 Å². The van der Waals surface area contributed by atoms with Crippen molar-refractivity contribution in [1.82, 2.24) is 19.8 Å². The highest BCUT2D eigenvalue weighted by atomic mass is 19.1. The molecule has 1 aliphatic heterocycles. The van der Waals surface area contributed by atoms with Crippen LogP contribution in [0.1, 0.15) is 76.1 Å². The van der Waals surface area contributed by atoms with Crippen LogP contribution in [0.5, 0.6) is 5.75 Å². The van der Waals surface area contributed by atoms with E-state index in [9.17, 15) is 19.1 Å². The van der Waals surface area contributed by atoms with Gasteiger partial charge in [-0.2, -0.15) is 0 Å². The second kappa shape index (κ2) is 11.9. The summed E-state index contributed by atoms with van der Waals surface area (Å²) in [4.78, 5) is 32.6. The van der Waals surface area contributed by atoms with Crippen LogP contribution in [-0.4, -0.2) is 45.6 Å². The van der Waals surface area contributed by atoms with Crippen LogP contribution in [0, 0.1) is 0 Å². The Morgan fingerprint density at radius 3 is 2.48 bits per heavy atom. The fraction of sp³-hybridized carbons (Fsp3) is 0.560. The Bertz CT molecular complexity index is 988. The first kappa shape index (κ1) is 26.5. The third-order valence-electron chi connectivity index (χ3n) is 6.10. The first-order valence-electron chi connectivity index (χ1n) is 11.9. The summed E-state index contributed by atoms with van der Waals surface area (Å²) in [5, 5.41) is 13.2. The minimum Gasteiger partial charge on any atom is -0.501 e. The van der Waals surface area contributed by atoms with Crippen molar-refractivity contribution in [2.24, 2.45) is 0 Å². The minimum absolute atomic E-state index is 0.144. The summed E-state index contributed by atoms with van der Waals surface area (Å²) in [6.07, 6.45) is 10.00. The number of hydrogen-bond donors (Lipinski definition) is 2. The maximum absolute atomic E-state index is 13.3. The van der Waals surface area contributed by atoms with Gasteiger partial charge in [-0.3, -0.25) is 19.1 Å². The highest BCUT2D eigenvalue weighted by molar-refractivity contribution is 5.94. The summed E-state index contributed by atoms with van der Waals surface area (Å²) in [6.45, 7) is 9.40. The number of carbonyl (C=O) groups excluding carboxylic acids is 1. The van der Waals surface area contributed by atoms with Crippen molar-refractivity contribution >= 4 is 5.91 Å². The zero-order chi connectivity index (χ0) is 24.6. The number of halogens is 1. The molecule has 0 spiro atoms. The molecule has 0 unspecified atom stereocenters. The summed E-state index contributed by atoms with van der Waals surface area (Å²) in [7, 11) is 2.02. The number of carbonyl (C=O) groups is 1. The zero-order valence-corrected chi connectivity index (χ0v) is 20.4. The van der Waals surface area contributed by atoms with E-state index in [1.54, 1.807) is 12.2 Å². The maximum Gasteiger partial charge on any atom is 0.296 e. The Balaban J connectivity index is 0.00000187. The molecule has 1 aromatic heterocycles. The van der Waals surface area contributed by atoms with Crippen LogP contribution in [0.2, 0.25) is 0 Å². The molecule has 2 N–H and O–H groups in total. The Kier molecular flexibility index (Phi) is 9.58. The van der Waals surface area contributed by atoms with Crippen LogP contribution in [-0.2, 0) is 12.1 Å². The largest absolute Gasteiger partial charge is 0.501 e. The van der Waals surface area contributed by atoms with Gasteiger partial charge in [-0.25, -0.2) is 9.37 Å². The van der Waals surface area contributed by atoms with E-state index in [1.807, 2.05) is 20.9 Å². The number of aromatic nitrogens is 2. The molecule has 33 heavy (non-hydrogen) atoms. The second-order valence-electron chi connectivity index (χ2n) is 8.16. The molecule has 2 heterocycles. The van der Waals surface area contributed by atoms with Gasteiger partial charge in [0.05, 0.1) is 5.54 Å². The summed E-state index contributed by atoms with van der Waals surface area (Å²) >= 11 is 0. The quantitative estimate of drug-likeness (QED) is 0.637. The normalized spacial score (nSPS) is 17.2. The lowest BCUT2D eigenvalue weighted by atomic mass is 9.84. The Hall–Kier alpha value is -2.74. The molecule has 0 saturated heterocycles. The number of rotatable bonds is 7. The van der Waals surface area contributed by atoms with E-state index in [2.05, 4.69) is 29.0 Å². The average Bonchev–Trinajstić information content (AvgIpc) is 3.02. The predicted molar refractivity (Wildman–Crippen MR) is 129 cm³/mol. The first-order valence-corrected chi connectivity index (χ1v) is 11.9. The van der Waals surface area contributed by atoms with Gasteiger partial charge in [0.1, 0.15) is 11.7 Å². The average molecular weight is 461 g/mol. The fourth-order valence-electron chi connectivity index (χ4n) is 4.50. The van der Waals surface area contributed by atoms with Crippen LogP contribution in [0.25, 0.3) is 0 Å². The molecule has 2 aliphatic rings. The van der Waals surface area contributed by atoms with Gasteiger partial charge in [0, 0.05) is 19.6 Å². The van der Waals surface area contributed by atoms with E-state index >= 15 is 0 Å². The van der Waals surface area contributed by atoms with Gasteiger partial charge in [0.2, 0.25) is 5.75 Å². The van der Waals surface area contributed by atoms with E-state index < -0.39 is 22.8 Å². The lowest BCUT2D eigenvalue weighted by Gasteiger charge is -2.46. The van der Waals surface area contributed by atoms with Crippen LogP contribution in [0.15, 0.2) is 40.5 Å². The summed E-state index contributed by atoms with van der Waals surface area (Å²) in [5.74, 6) is -1.05. The lowest BCUT2D eigenvalue weighted by Crippen LogP contribution is -2.54. The molecule has 0 saturated carbocycles. The number of aromatic hydroxyl groups is 1. The van der Waals surface area contributed by atoms with Crippen molar-refractivity contribution in [2.75, 3.05) is 20.1 Å². The van der Waals surface area contributed by atoms with Crippen molar-refractivity contribution in [3.05, 3.63) is 57.6 Å². The smallest absolute Gasteiger partial charge is 0.296 e. The van der Waals surface area contributed by atoms with Crippen LogP contribution < -0.4 is 10.9 Å². The number of fused-ring (bicyclic) bond motifs is 1. The van der Waals surface area contributed by atoms with Gasteiger partial charge in [-0.15, -0.1) is 0 Å². The molecule has 0 aromatic carbocycles. The molecule has 0 bridgehead atoms. The molecular formula is C25H37FN4O3. The Morgan fingerprint density at radius 2 is 1.85 bits per heavy atom. The SMILES string of the molecule is CC.CCCC1(CCC)c2nc(C(=O)NCC3=CCC=C(F)C=C3)c(O)c(=O)n2CCN1C. The van der Waals surface area contributed by atoms with Crippen molar-refractivity contribution in [1.29, 1.82) is 0 Å². The van der Waals surface area contributed by atoms with E-state index in [-0.39, 0.29) is 18.1 Å². The molecule has 0 atom stereocenters. The van der Waals surface area contributed by atoms with Gasteiger partial charge in [0.25, 0.3) is 11.5 Å². The van der Waals surface area contributed by atoms with Crippen molar-refractivity contribution in [3.8, 4) is 5.75 Å². The number of likely N-dealkylation sites (N-methyl/N-ethyl adjacent to an activating group) is 1. The van der Waals surface area contributed by atoms with E-state index in [4.69, 9.17) is 0 Å². The maximum atomic E-state index is 13.3. The molecule has 0 fully saturated rings. The fourth-order valence-corrected chi connectivity index (χ4v) is 4.50. The number of amides is 1.